The third-order valence-corrected chi connectivity index (χ3v) is 5.86. The molecule has 0 spiro atoms. The Morgan fingerprint density at radius 3 is 2.64 bits per heavy atom. The van der Waals surface area contributed by atoms with Gasteiger partial charge in [-0.3, -0.25) is 4.90 Å². The van der Waals surface area contributed by atoms with E-state index in [0.717, 1.165) is 16.6 Å². The SMILES string of the molecule is CC1SCCN(CC(C)(C)CBr)C1C. The maximum Gasteiger partial charge on any atom is 0.0184 e. The summed E-state index contributed by atoms with van der Waals surface area (Å²) in [6, 6.07) is 0.729. The van der Waals surface area contributed by atoms with Crippen molar-refractivity contribution in [3.8, 4) is 0 Å². The van der Waals surface area contributed by atoms with Gasteiger partial charge in [-0.2, -0.15) is 11.8 Å². The van der Waals surface area contributed by atoms with Crippen molar-refractivity contribution in [3.63, 3.8) is 0 Å². The second-order valence-electron chi connectivity index (χ2n) is 5.08. The molecule has 0 radical (unpaired) electrons. The molecular weight excluding hydrogens is 258 g/mol. The summed E-state index contributed by atoms with van der Waals surface area (Å²) in [4.78, 5) is 2.64. The Morgan fingerprint density at radius 1 is 1.43 bits per heavy atom. The summed E-state index contributed by atoms with van der Waals surface area (Å²) in [6.45, 7) is 11.8. The zero-order valence-corrected chi connectivity index (χ0v) is 12.1. The quantitative estimate of drug-likeness (QED) is 0.730. The molecule has 0 aromatic heterocycles. The number of hydrogen-bond acceptors (Lipinski definition) is 2. The molecule has 0 amide bonds. The molecule has 1 rings (SSSR count). The van der Waals surface area contributed by atoms with Gasteiger partial charge in [0.2, 0.25) is 0 Å². The molecule has 1 aliphatic heterocycles. The fourth-order valence-electron chi connectivity index (χ4n) is 1.81. The molecule has 14 heavy (non-hydrogen) atoms. The van der Waals surface area contributed by atoms with Gasteiger partial charge in [-0.05, 0) is 12.3 Å². The smallest absolute Gasteiger partial charge is 0.0184 e. The molecular formula is C11H22BrNS. The van der Waals surface area contributed by atoms with E-state index in [-0.39, 0.29) is 0 Å². The van der Waals surface area contributed by atoms with Gasteiger partial charge < -0.3 is 0 Å². The van der Waals surface area contributed by atoms with E-state index in [2.05, 4.69) is 60.3 Å². The first-order valence-corrected chi connectivity index (χ1v) is 7.55. The van der Waals surface area contributed by atoms with Crippen molar-refractivity contribution >= 4 is 27.7 Å². The van der Waals surface area contributed by atoms with Crippen molar-refractivity contribution in [2.45, 2.75) is 39.0 Å². The third-order valence-electron chi connectivity index (χ3n) is 3.01. The molecule has 0 N–H and O–H groups in total. The molecule has 0 aromatic rings. The summed E-state index contributed by atoms with van der Waals surface area (Å²) in [5.74, 6) is 1.30. The summed E-state index contributed by atoms with van der Waals surface area (Å²) in [6.07, 6.45) is 0. The van der Waals surface area contributed by atoms with Gasteiger partial charge in [0, 0.05) is 35.5 Å². The lowest BCUT2D eigenvalue weighted by molar-refractivity contribution is 0.153. The number of rotatable bonds is 3. The summed E-state index contributed by atoms with van der Waals surface area (Å²) in [5.41, 5.74) is 0.399. The minimum absolute atomic E-state index is 0.399. The van der Waals surface area contributed by atoms with Gasteiger partial charge >= 0.3 is 0 Å². The van der Waals surface area contributed by atoms with Crippen LogP contribution in [0.2, 0.25) is 0 Å². The molecule has 0 aliphatic carbocycles. The summed E-state index contributed by atoms with van der Waals surface area (Å²) in [7, 11) is 0. The Balaban J connectivity index is 2.51. The number of thioether (sulfide) groups is 1. The Morgan fingerprint density at radius 2 is 2.07 bits per heavy atom. The van der Waals surface area contributed by atoms with E-state index in [0.29, 0.717) is 5.41 Å². The van der Waals surface area contributed by atoms with Gasteiger partial charge in [-0.15, -0.1) is 0 Å². The van der Waals surface area contributed by atoms with Crippen LogP contribution < -0.4 is 0 Å². The molecule has 84 valence electrons. The highest BCUT2D eigenvalue weighted by atomic mass is 79.9. The molecule has 1 saturated heterocycles. The average molecular weight is 280 g/mol. The van der Waals surface area contributed by atoms with Crippen molar-refractivity contribution in [2.75, 3.05) is 24.2 Å². The predicted octanol–water partition coefficient (Wildman–Crippen LogP) is 3.23. The largest absolute Gasteiger partial charge is 0.298 e. The van der Waals surface area contributed by atoms with Gasteiger partial charge in [-0.25, -0.2) is 0 Å². The molecule has 0 saturated carbocycles. The standard InChI is InChI=1S/C11H22BrNS/c1-9-10(2)14-6-5-13(9)8-11(3,4)7-12/h9-10H,5-8H2,1-4H3. The lowest BCUT2D eigenvalue weighted by atomic mass is 9.95. The van der Waals surface area contributed by atoms with E-state index in [1.165, 1.54) is 18.8 Å². The van der Waals surface area contributed by atoms with Crippen molar-refractivity contribution < 1.29 is 0 Å². The highest BCUT2D eigenvalue weighted by molar-refractivity contribution is 9.09. The van der Waals surface area contributed by atoms with E-state index in [1.54, 1.807) is 0 Å². The van der Waals surface area contributed by atoms with Crippen molar-refractivity contribution in [3.05, 3.63) is 0 Å². The molecule has 1 fully saturated rings. The number of halogens is 1. The first-order chi connectivity index (χ1) is 6.46. The first kappa shape index (κ1) is 12.9. The average Bonchev–Trinajstić information content (AvgIpc) is 2.13. The summed E-state index contributed by atoms with van der Waals surface area (Å²) >= 11 is 5.71. The maximum atomic E-state index is 3.60. The van der Waals surface area contributed by atoms with Gasteiger partial charge in [-0.1, -0.05) is 36.7 Å². The van der Waals surface area contributed by atoms with Crippen LogP contribution >= 0.6 is 27.7 Å². The van der Waals surface area contributed by atoms with E-state index < -0.39 is 0 Å². The molecule has 1 nitrogen and oxygen atoms in total. The van der Waals surface area contributed by atoms with Crippen LogP contribution in [0.25, 0.3) is 0 Å². The second-order valence-corrected chi connectivity index (χ2v) is 7.13. The highest BCUT2D eigenvalue weighted by Gasteiger charge is 2.29. The van der Waals surface area contributed by atoms with Crippen LogP contribution in [0.3, 0.4) is 0 Å². The molecule has 3 heteroatoms. The van der Waals surface area contributed by atoms with Gasteiger partial charge in [0.25, 0.3) is 0 Å². The van der Waals surface area contributed by atoms with Crippen LogP contribution in [0, 0.1) is 5.41 Å². The van der Waals surface area contributed by atoms with Crippen LogP contribution in [-0.4, -0.2) is 40.4 Å². The van der Waals surface area contributed by atoms with E-state index in [9.17, 15) is 0 Å². The number of hydrogen-bond donors (Lipinski definition) is 0. The molecule has 2 atom stereocenters. The number of nitrogens with zero attached hydrogens (tertiary/aromatic N) is 1. The predicted molar refractivity (Wildman–Crippen MR) is 70.5 cm³/mol. The fraction of sp³-hybridized carbons (Fsp3) is 1.00. The molecule has 2 unspecified atom stereocenters. The lowest BCUT2D eigenvalue weighted by Gasteiger charge is -2.41. The second kappa shape index (κ2) is 5.22. The lowest BCUT2D eigenvalue weighted by Crippen LogP contribution is -2.48. The third kappa shape index (κ3) is 3.42. The van der Waals surface area contributed by atoms with E-state index in [1.807, 2.05) is 0 Å². The normalized spacial score (nSPS) is 30.6. The zero-order chi connectivity index (χ0) is 10.8. The van der Waals surface area contributed by atoms with Crippen molar-refractivity contribution in [1.82, 2.24) is 4.90 Å². The minimum Gasteiger partial charge on any atom is -0.298 e. The Labute approximate surface area is 101 Å². The maximum absolute atomic E-state index is 3.60. The Hall–Kier alpha value is 0.790. The van der Waals surface area contributed by atoms with Crippen molar-refractivity contribution in [2.24, 2.45) is 5.41 Å². The molecule has 0 aromatic carbocycles. The minimum atomic E-state index is 0.399. The van der Waals surface area contributed by atoms with Crippen LogP contribution in [-0.2, 0) is 0 Å². The zero-order valence-electron chi connectivity index (χ0n) is 9.72. The van der Waals surface area contributed by atoms with Gasteiger partial charge in [0.05, 0.1) is 0 Å². The van der Waals surface area contributed by atoms with Gasteiger partial charge in [0.15, 0.2) is 0 Å². The molecule has 0 bridgehead atoms. The summed E-state index contributed by atoms with van der Waals surface area (Å²) in [5, 5.41) is 1.87. The summed E-state index contributed by atoms with van der Waals surface area (Å²) < 4.78 is 0. The van der Waals surface area contributed by atoms with E-state index in [4.69, 9.17) is 0 Å². The van der Waals surface area contributed by atoms with Crippen LogP contribution in [0.5, 0.6) is 0 Å². The monoisotopic (exact) mass is 279 g/mol. The van der Waals surface area contributed by atoms with Crippen LogP contribution in [0.1, 0.15) is 27.7 Å². The van der Waals surface area contributed by atoms with Crippen molar-refractivity contribution in [1.29, 1.82) is 0 Å². The number of alkyl halides is 1. The van der Waals surface area contributed by atoms with E-state index >= 15 is 0 Å². The highest BCUT2D eigenvalue weighted by Crippen LogP contribution is 2.28. The fourth-order valence-corrected chi connectivity index (χ4v) is 3.15. The Bertz CT molecular complexity index is 184. The topological polar surface area (TPSA) is 3.24 Å². The van der Waals surface area contributed by atoms with Crippen LogP contribution in [0.4, 0.5) is 0 Å². The molecule has 1 aliphatic rings. The van der Waals surface area contributed by atoms with Crippen LogP contribution in [0.15, 0.2) is 0 Å². The molecule has 1 heterocycles. The van der Waals surface area contributed by atoms with Gasteiger partial charge in [0.1, 0.15) is 0 Å². The Kier molecular flexibility index (Phi) is 4.79. The first-order valence-electron chi connectivity index (χ1n) is 5.38.